The Balaban J connectivity index is 1.59. The van der Waals surface area contributed by atoms with Crippen molar-refractivity contribution in [3.63, 3.8) is 0 Å². The highest BCUT2D eigenvalue weighted by molar-refractivity contribution is 6.31. The Morgan fingerprint density at radius 2 is 1.83 bits per heavy atom. The fourth-order valence-electron chi connectivity index (χ4n) is 2.54. The first-order valence-electron chi connectivity index (χ1n) is 7.90. The largest absolute Gasteiger partial charge is 0.350 e. The van der Waals surface area contributed by atoms with E-state index in [0.29, 0.717) is 23.1 Å². The van der Waals surface area contributed by atoms with Crippen LogP contribution in [-0.2, 0) is 6.54 Å². The van der Waals surface area contributed by atoms with Gasteiger partial charge in [-0.25, -0.2) is 9.97 Å². The second-order valence-corrected chi connectivity index (χ2v) is 6.24. The highest BCUT2D eigenvalue weighted by atomic mass is 35.5. The standard InChI is InChI=1S/C17H20ClN5O/c1-22-6-8-23(9-7-22)16(24)14-11-20-17(21-12-14)19-10-13-4-2-3-5-15(13)18/h2-5,11-12H,6-10H2,1H3,(H,19,20,21). The molecule has 0 saturated carbocycles. The van der Waals surface area contributed by atoms with Crippen LogP contribution in [0.4, 0.5) is 5.95 Å². The van der Waals surface area contributed by atoms with E-state index in [2.05, 4.69) is 27.2 Å². The first-order chi connectivity index (χ1) is 11.6. The van der Waals surface area contributed by atoms with E-state index in [1.165, 1.54) is 0 Å². The molecule has 2 heterocycles. The topological polar surface area (TPSA) is 61.4 Å². The van der Waals surface area contributed by atoms with Gasteiger partial charge in [-0.1, -0.05) is 29.8 Å². The lowest BCUT2D eigenvalue weighted by atomic mass is 10.2. The number of hydrogen-bond donors (Lipinski definition) is 1. The Kier molecular flexibility index (Phi) is 5.27. The number of halogens is 1. The van der Waals surface area contributed by atoms with E-state index in [1.807, 2.05) is 29.2 Å². The highest BCUT2D eigenvalue weighted by Crippen LogP contribution is 2.16. The maximum Gasteiger partial charge on any atom is 0.257 e. The lowest BCUT2D eigenvalue weighted by Gasteiger charge is -2.32. The number of amides is 1. The fourth-order valence-corrected chi connectivity index (χ4v) is 2.74. The maximum atomic E-state index is 12.4. The molecule has 24 heavy (non-hydrogen) atoms. The predicted molar refractivity (Wildman–Crippen MR) is 94.2 cm³/mol. The average Bonchev–Trinajstić information content (AvgIpc) is 2.62. The van der Waals surface area contributed by atoms with Gasteiger partial charge in [0.2, 0.25) is 5.95 Å². The van der Waals surface area contributed by atoms with Crippen LogP contribution >= 0.6 is 11.6 Å². The van der Waals surface area contributed by atoms with Gasteiger partial charge in [-0.3, -0.25) is 4.79 Å². The molecule has 1 aliphatic heterocycles. The Morgan fingerprint density at radius 1 is 1.17 bits per heavy atom. The van der Waals surface area contributed by atoms with Gasteiger partial charge in [0.05, 0.1) is 5.56 Å². The minimum absolute atomic E-state index is 0.0132. The molecule has 0 spiro atoms. The van der Waals surface area contributed by atoms with E-state index < -0.39 is 0 Å². The summed E-state index contributed by atoms with van der Waals surface area (Å²) < 4.78 is 0. The molecule has 3 rings (SSSR count). The second-order valence-electron chi connectivity index (χ2n) is 5.84. The van der Waals surface area contributed by atoms with Gasteiger partial charge in [0.1, 0.15) is 0 Å². The summed E-state index contributed by atoms with van der Waals surface area (Å²) in [7, 11) is 2.06. The van der Waals surface area contributed by atoms with Gasteiger partial charge in [0.25, 0.3) is 5.91 Å². The van der Waals surface area contributed by atoms with Crippen molar-refractivity contribution in [2.75, 3.05) is 38.5 Å². The molecule has 0 aliphatic carbocycles. The number of carbonyl (C=O) groups excluding carboxylic acids is 1. The number of piperazine rings is 1. The predicted octanol–water partition coefficient (Wildman–Crippen LogP) is 2.13. The van der Waals surface area contributed by atoms with E-state index in [9.17, 15) is 4.79 Å². The van der Waals surface area contributed by atoms with Crippen molar-refractivity contribution in [2.45, 2.75) is 6.54 Å². The van der Waals surface area contributed by atoms with Crippen molar-refractivity contribution in [3.05, 3.63) is 52.8 Å². The summed E-state index contributed by atoms with van der Waals surface area (Å²) in [6.45, 7) is 3.79. The molecule has 1 amide bonds. The van der Waals surface area contributed by atoms with E-state index >= 15 is 0 Å². The monoisotopic (exact) mass is 345 g/mol. The van der Waals surface area contributed by atoms with Crippen molar-refractivity contribution in [1.29, 1.82) is 0 Å². The number of nitrogens with zero attached hydrogens (tertiary/aromatic N) is 4. The first kappa shape index (κ1) is 16.7. The molecule has 0 bridgehead atoms. The molecule has 1 aliphatic rings. The molecule has 6 nitrogen and oxygen atoms in total. The van der Waals surface area contributed by atoms with Crippen molar-refractivity contribution in [3.8, 4) is 0 Å². The number of aromatic nitrogens is 2. The molecule has 7 heteroatoms. The van der Waals surface area contributed by atoms with Crippen molar-refractivity contribution in [2.24, 2.45) is 0 Å². The van der Waals surface area contributed by atoms with Crippen molar-refractivity contribution >= 4 is 23.5 Å². The lowest BCUT2D eigenvalue weighted by Crippen LogP contribution is -2.47. The summed E-state index contributed by atoms with van der Waals surface area (Å²) in [5.74, 6) is 0.464. The van der Waals surface area contributed by atoms with Crippen LogP contribution < -0.4 is 5.32 Å². The SMILES string of the molecule is CN1CCN(C(=O)c2cnc(NCc3ccccc3Cl)nc2)CC1. The van der Waals surface area contributed by atoms with Gasteiger partial charge in [0.15, 0.2) is 0 Å². The third-order valence-electron chi connectivity index (χ3n) is 4.08. The number of anilines is 1. The molecule has 1 fully saturated rings. The summed E-state index contributed by atoms with van der Waals surface area (Å²) in [6.07, 6.45) is 3.14. The van der Waals surface area contributed by atoms with Crippen LogP contribution in [0.2, 0.25) is 5.02 Å². The molecule has 2 aromatic rings. The first-order valence-corrected chi connectivity index (χ1v) is 8.28. The van der Waals surface area contributed by atoms with Gasteiger partial charge in [-0.2, -0.15) is 0 Å². The molecule has 1 aromatic carbocycles. The zero-order valence-corrected chi connectivity index (χ0v) is 14.3. The summed E-state index contributed by atoms with van der Waals surface area (Å²) in [4.78, 5) is 24.9. The van der Waals surface area contributed by atoms with Crippen LogP contribution in [-0.4, -0.2) is 58.9 Å². The Morgan fingerprint density at radius 3 is 2.50 bits per heavy atom. The normalized spacial score (nSPS) is 15.3. The summed E-state index contributed by atoms with van der Waals surface area (Å²) in [5, 5.41) is 3.82. The Bertz CT molecular complexity index is 698. The smallest absolute Gasteiger partial charge is 0.257 e. The fraction of sp³-hybridized carbons (Fsp3) is 0.353. The van der Waals surface area contributed by atoms with Crippen LogP contribution in [0.1, 0.15) is 15.9 Å². The zero-order valence-electron chi connectivity index (χ0n) is 13.6. The number of hydrogen-bond acceptors (Lipinski definition) is 5. The molecule has 0 unspecified atom stereocenters. The maximum absolute atomic E-state index is 12.4. The molecule has 126 valence electrons. The van der Waals surface area contributed by atoms with E-state index in [0.717, 1.165) is 31.7 Å². The molecule has 1 N–H and O–H groups in total. The molecule has 1 saturated heterocycles. The summed E-state index contributed by atoms with van der Waals surface area (Å²) >= 11 is 6.12. The molecule has 0 atom stereocenters. The van der Waals surface area contributed by atoms with Crippen LogP contribution in [0, 0.1) is 0 Å². The van der Waals surface area contributed by atoms with Crippen LogP contribution in [0.5, 0.6) is 0 Å². The summed E-state index contributed by atoms with van der Waals surface area (Å²) in [6, 6.07) is 7.61. The van der Waals surface area contributed by atoms with Crippen LogP contribution in [0.25, 0.3) is 0 Å². The number of rotatable bonds is 4. The minimum Gasteiger partial charge on any atom is -0.350 e. The number of nitrogens with one attached hydrogen (secondary N) is 1. The van der Waals surface area contributed by atoms with E-state index in [4.69, 9.17) is 11.6 Å². The van der Waals surface area contributed by atoms with Gasteiger partial charge in [-0.15, -0.1) is 0 Å². The van der Waals surface area contributed by atoms with Crippen molar-refractivity contribution < 1.29 is 4.79 Å². The summed E-state index contributed by atoms with van der Waals surface area (Å²) in [5.41, 5.74) is 1.49. The number of carbonyl (C=O) groups is 1. The van der Waals surface area contributed by atoms with Gasteiger partial charge in [-0.05, 0) is 18.7 Å². The van der Waals surface area contributed by atoms with Crippen molar-refractivity contribution in [1.82, 2.24) is 19.8 Å². The Labute approximate surface area is 146 Å². The van der Waals surface area contributed by atoms with Crippen LogP contribution in [0.15, 0.2) is 36.7 Å². The van der Waals surface area contributed by atoms with E-state index in [-0.39, 0.29) is 5.91 Å². The molecule has 0 radical (unpaired) electrons. The van der Waals surface area contributed by atoms with Crippen LogP contribution in [0.3, 0.4) is 0 Å². The number of likely N-dealkylation sites (N-methyl/N-ethyl adjacent to an activating group) is 1. The second kappa shape index (κ2) is 7.59. The van der Waals surface area contributed by atoms with Gasteiger partial charge in [0, 0.05) is 50.1 Å². The third kappa shape index (κ3) is 4.01. The van der Waals surface area contributed by atoms with Gasteiger partial charge < -0.3 is 15.1 Å². The highest BCUT2D eigenvalue weighted by Gasteiger charge is 2.20. The van der Waals surface area contributed by atoms with Gasteiger partial charge >= 0.3 is 0 Å². The minimum atomic E-state index is -0.0132. The molecular formula is C17H20ClN5O. The molecule has 1 aromatic heterocycles. The Hall–Kier alpha value is -2.18. The third-order valence-corrected chi connectivity index (χ3v) is 4.45. The zero-order chi connectivity index (χ0) is 16.9. The quantitative estimate of drug-likeness (QED) is 0.919. The average molecular weight is 346 g/mol. The number of benzene rings is 1. The van der Waals surface area contributed by atoms with E-state index in [1.54, 1.807) is 12.4 Å². The lowest BCUT2D eigenvalue weighted by molar-refractivity contribution is 0.0663. The molecular weight excluding hydrogens is 326 g/mol.